The summed E-state index contributed by atoms with van der Waals surface area (Å²) < 4.78 is 53.0. The van der Waals surface area contributed by atoms with E-state index in [1.807, 2.05) is 53.8 Å². The molecule has 0 saturated heterocycles. The van der Waals surface area contributed by atoms with E-state index in [0.717, 1.165) is 16.3 Å². The largest absolute Gasteiger partial charge is 0.364 e. The molecule has 0 saturated carbocycles. The summed E-state index contributed by atoms with van der Waals surface area (Å²) in [6.07, 6.45) is 0. The predicted octanol–water partition coefficient (Wildman–Crippen LogP) is 8.64. The number of thiazole rings is 2. The summed E-state index contributed by atoms with van der Waals surface area (Å²) in [6.45, 7) is 25.7. The van der Waals surface area contributed by atoms with Gasteiger partial charge in [-0.25, -0.2) is 26.8 Å². The fraction of sp³-hybridized carbons (Fsp3) is 0.442. The van der Waals surface area contributed by atoms with Crippen LogP contribution in [0.4, 0.5) is 10.9 Å². The van der Waals surface area contributed by atoms with Gasteiger partial charge in [0.15, 0.2) is 35.6 Å². The Hall–Kier alpha value is -4.78. The Morgan fingerprint density at radius 2 is 1.11 bits per heavy atom. The molecular formula is C43H58N6O8S4. The van der Waals surface area contributed by atoms with Crippen molar-refractivity contribution in [1.82, 2.24) is 15.1 Å². The van der Waals surface area contributed by atoms with E-state index in [1.54, 1.807) is 42.5 Å². The number of aryl methyl sites for hydroxylation is 1. The average molecular weight is 915 g/mol. The molecule has 0 atom stereocenters. The summed E-state index contributed by atoms with van der Waals surface area (Å²) >= 11 is 2.68. The molecular weight excluding hydrogens is 857 g/mol. The third-order valence-corrected chi connectivity index (χ3v) is 16.4. The van der Waals surface area contributed by atoms with Crippen LogP contribution in [0.15, 0.2) is 86.4 Å². The van der Waals surface area contributed by atoms with Crippen molar-refractivity contribution in [3.05, 3.63) is 99.1 Å². The number of anilines is 2. The van der Waals surface area contributed by atoms with Gasteiger partial charge in [-0.1, -0.05) is 104 Å². The van der Waals surface area contributed by atoms with Crippen molar-refractivity contribution in [2.75, 3.05) is 10.6 Å². The summed E-state index contributed by atoms with van der Waals surface area (Å²) in [5.74, 6) is -0.910. The second kappa shape index (κ2) is 18.7. The van der Waals surface area contributed by atoms with Gasteiger partial charge in [0.05, 0.1) is 21.2 Å². The van der Waals surface area contributed by atoms with Gasteiger partial charge in [-0.05, 0) is 64.3 Å². The first-order valence-electron chi connectivity index (χ1n) is 19.2. The number of nitrogens with two attached hydrogens (primary N) is 1. The number of hydrogen-bond donors (Lipinski definition) is 3. The third kappa shape index (κ3) is 12.2. The highest BCUT2D eigenvalue weighted by molar-refractivity contribution is 7.94. The van der Waals surface area contributed by atoms with Crippen molar-refractivity contribution in [1.29, 1.82) is 0 Å². The lowest BCUT2D eigenvalue weighted by atomic mass is 9.93. The third-order valence-electron chi connectivity index (χ3n) is 9.22. The molecule has 4 N–H and O–H groups in total. The van der Waals surface area contributed by atoms with Crippen molar-refractivity contribution in [3.63, 3.8) is 0 Å². The molecule has 0 unspecified atom stereocenters. The molecule has 2 aromatic carbocycles. The molecule has 0 radical (unpaired) electrons. The van der Waals surface area contributed by atoms with Crippen LogP contribution >= 0.6 is 22.7 Å². The zero-order valence-electron chi connectivity index (χ0n) is 37.2. The molecule has 14 nitrogen and oxygen atoms in total. The highest BCUT2D eigenvalue weighted by atomic mass is 32.2. The summed E-state index contributed by atoms with van der Waals surface area (Å²) in [5.41, 5.74) is 6.55. The number of hydrogen-bond acceptors (Lipinski definition) is 13. The van der Waals surface area contributed by atoms with Gasteiger partial charge in [0, 0.05) is 27.2 Å². The quantitative estimate of drug-likeness (QED) is 0.127. The minimum Gasteiger partial charge on any atom is -0.364 e. The number of carbonyl (C=O) groups is 3. The van der Waals surface area contributed by atoms with E-state index in [2.05, 4.69) is 46.5 Å². The zero-order valence-corrected chi connectivity index (χ0v) is 40.5. The molecule has 61 heavy (non-hydrogen) atoms. The van der Waals surface area contributed by atoms with Crippen molar-refractivity contribution in [3.8, 4) is 0 Å². The van der Waals surface area contributed by atoms with Crippen LogP contribution in [0.5, 0.6) is 0 Å². The Morgan fingerprint density at radius 1 is 0.656 bits per heavy atom. The molecule has 332 valence electrons. The second-order valence-corrected chi connectivity index (χ2v) is 25.1. The van der Waals surface area contributed by atoms with Crippen LogP contribution in [0.25, 0.3) is 0 Å². The van der Waals surface area contributed by atoms with Crippen LogP contribution in [0.2, 0.25) is 0 Å². The lowest BCUT2D eigenvalue weighted by molar-refractivity contribution is -0.118. The van der Waals surface area contributed by atoms with E-state index in [1.165, 1.54) is 74.6 Å². The maximum absolute atomic E-state index is 12.8. The van der Waals surface area contributed by atoms with Crippen LogP contribution in [0.3, 0.4) is 0 Å². The normalized spacial score (nSPS) is 12.6. The molecule has 3 aromatic heterocycles. The van der Waals surface area contributed by atoms with Crippen molar-refractivity contribution < 1.29 is 35.7 Å². The molecule has 18 heteroatoms. The fourth-order valence-corrected chi connectivity index (χ4v) is 9.82. The average Bonchev–Trinajstić information content (AvgIpc) is 3.93. The lowest BCUT2D eigenvalue weighted by Gasteiger charge is -2.23. The first-order valence-corrected chi connectivity index (χ1v) is 23.8. The molecule has 5 rings (SSSR count). The molecule has 5 aromatic rings. The number of benzene rings is 2. The van der Waals surface area contributed by atoms with Gasteiger partial charge < -0.3 is 20.9 Å². The highest BCUT2D eigenvalue weighted by Crippen LogP contribution is 2.32. The van der Waals surface area contributed by atoms with Gasteiger partial charge in [-0.2, -0.15) is 0 Å². The SMILES string of the molecule is CC(C)(C)c1cc(NC(=O)C(C)(C)S(=O)(=O)c2ccccc2)no1.CC(C)(C)c1csc(NC(=O)C(C)(C)S(=O)(=O)c2ccccc2)n1.Cc1nc(C(N)=O)sc1C(C)(C)C. The molecule has 0 aliphatic heterocycles. The number of nitrogens with one attached hydrogen (secondary N) is 2. The zero-order chi connectivity index (χ0) is 46.6. The first-order chi connectivity index (χ1) is 27.7. The van der Waals surface area contributed by atoms with Crippen molar-refractivity contribution in [2.45, 2.75) is 132 Å². The molecule has 0 bridgehead atoms. The smallest absolute Gasteiger partial charge is 0.277 e. The van der Waals surface area contributed by atoms with Crippen LogP contribution in [0, 0.1) is 6.92 Å². The molecule has 0 aliphatic rings. The van der Waals surface area contributed by atoms with Crippen LogP contribution in [-0.2, 0) is 45.5 Å². The lowest BCUT2D eigenvalue weighted by Crippen LogP contribution is -2.44. The Morgan fingerprint density at radius 3 is 1.46 bits per heavy atom. The highest BCUT2D eigenvalue weighted by Gasteiger charge is 2.44. The van der Waals surface area contributed by atoms with Crippen LogP contribution in [0.1, 0.15) is 122 Å². The van der Waals surface area contributed by atoms with E-state index >= 15 is 0 Å². The van der Waals surface area contributed by atoms with Crippen molar-refractivity contribution in [2.24, 2.45) is 5.73 Å². The van der Waals surface area contributed by atoms with E-state index in [0.29, 0.717) is 15.9 Å². The minimum absolute atomic E-state index is 0.0372. The van der Waals surface area contributed by atoms with E-state index < -0.39 is 46.9 Å². The Bertz CT molecular complexity index is 2390. The van der Waals surface area contributed by atoms with Gasteiger partial charge in [0.1, 0.15) is 15.3 Å². The van der Waals surface area contributed by atoms with Gasteiger partial charge in [-0.3, -0.25) is 14.4 Å². The number of carbonyl (C=O) groups excluding carboxylic acids is 3. The number of sulfone groups is 2. The van der Waals surface area contributed by atoms with Crippen molar-refractivity contribution >= 4 is 71.0 Å². The fourth-order valence-electron chi connectivity index (χ4n) is 5.11. The summed E-state index contributed by atoms with van der Waals surface area (Å²) in [6, 6.07) is 17.5. The number of aromatic nitrogens is 3. The standard InChI is InChI=1S/C17H22N2O4S.C17H22N2O3S2.C9H14N2OS/c1-16(2,3)13-11-14(19-23-13)18-15(20)17(4,5)24(21,22)12-9-7-6-8-10-12;1-16(2,3)13-11-23-15(18-13)19-14(20)17(4,5)24(21,22)12-9-7-6-8-10-12;1-5-6(9(2,3)4)13-8(11-5)7(10)12/h2*6-11H,1-5H3,(H,18,19,20);1-4H3,(H2,10,12). The topological polar surface area (TPSA) is 221 Å². The first kappa shape index (κ1) is 50.6. The number of primary amides is 1. The maximum atomic E-state index is 12.8. The number of rotatable bonds is 9. The molecule has 3 amide bonds. The van der Waals surface area contributed by atoms with E-state index in [-0.39, 0.29) is 31.9 Å². The summed E-state index contributed by atoms with van der Waals surface area (Å²) in [4.78, 5) is 45.8. The van der Waals surface area contributed by atoms with Crippen LogP contribution in [-0.4, -0.2) is 59.2 Å². The van der Waals surface area contributed by atoms with Gasteiger partial charge in [0.2, 0.25) is 11.8 Å². The van der Waals surface area contributed by atoms with E-state index in [9.17, 15) is 31.2 Å². The molecule has 0 aliphatic carbocycles. The molecule has 0 fully saturated rings. The monoisotopic (exact) mass is 914 g/mol. The maximum Gasteiger partial charge on any atom is 0.277 e. The summed E-state index contributed by atoms with van der Waals surface area (Å²) in [7, 11) is -7.66. The van der Waals surface area contributed by atoms with Gasteiger partial charge in [-0.15, -0.1) is 22.7 Å². The van der Waals surface area contributed by atoms with E-state index in [4.69, 9.17) is 10.3 Å². The number of nitrogens with zero attached hydrogens (tertiary/aromatic N) is 3. The number of amides is 3. The Labute approximate surface area is 368 Å². The molecule has 3 heterocycles. The van der Waals surface area contributed by atoms with Crippen LogP contribution < -0.4 is 16.4 Å². The predicted molar refractivity (Wildman–Crippen MR) is 243 cm³/mol. The second-order valence-electron chi connectivity index (χ2n) is 18.2. The Balaban J connectivity index is 0.000000255. The Kier molecular flexibility index (Phi) is 15.5. The van der Waals surface area contributed by atoms with Gasteiger partial charge in [0.25, 0.3) is 5.91 Å². The minimum atomic E-state index is -3.85. The van der Waals surface area contributed by atoms with Gasteiger partial charge >= 0.3 is 0 Å². The summed E-state index contributed by atoms with van der Waals surface area (Å²) in [5, 5.41) is 11.6. The molecule has 0 spiro atoms.